The predicted molar refractivity (Wildman–Crippen MR) is 72.3 cm³/mol. The van der Waals surface area contributed by atoms with Gasteiger partial charge in [-0.25, -0.2) is 9.48 Å². The Bertz CT molecular complexity index is 587. The Morgan fingerprint density at radius 1 is 1.40 bits per heavy atom. The minimum absolute atomic E-state index is 0.320. The highest BCUT2D eigenvalue weighted by Crippen LogP contribution is 2.11. The summed E-state index contributed by atoms with van der Waals surface area (Å²) >= 11 is 0. The monoisotopic (exact) mass is 277 g/mol. The largest absolute Gasteiger partial charge is 0.464 e. The zero-order chi connectivity index (χ0) is 14.5. The quantitative estimate of drug-likeness (QED) is 0.736. The molecule has 0 N–H and O–H groups in total. The summed E-state index contributed by atoms with van der Waals surface area (Å²) in [6.45, 7) is 2.73. The number of ether oxygens (including phenoxy) is 1. The van der Waals surface area contributed by atoms with Crippen molar-refractivity contribution in [1.82, 2.24) is 24.8 Å². The van der Waals surface area contributed by atoms with Gasteiger partial charge < -0.3 is 4.74 Å². The molecule has 0 atom stereocenters. The Labute approximate surface area is 117 Å². The molecule has 0 radical (unpaired) electrons. The Kier molecular flexibility index (Phi) is 4.49. The Hall–Kier alpha value is -2.18. The third-order valence-corrected chi connectivity index (χ3v) is 3.07. The van der Waals surface area contributed by atoms with Gasteiger partial charge in [-0.2, -0.15) is 5.10 Å². The fraction of sp³-hybridized carbons (Fsp3) is 0.538. The van der Waals surface area contributed by atoms with E-state index in [0.29, 0.717) is 12.2 Å². The average Bonchev–Trinajstić information content (AvgIpc) is 3.03. The second-order valence-electron chi connectivity index (χ2n) is 4.62. The molecular weight excluding hydrogens is 258 g/mol. The van der Waals surface area contributed by atoms with Crippen molar-refractivity contribution in [3.05, 3.63) is 29.3 Å². The summed E-state index contributed by atoms with van der Waals surface area (Å²) in [5, 5.41) is 12.1. The van der Waals surface area contributed by atoms with Gasteiger partial charge in [0.25, 0.3) is 0 Å². The maximum Gasteiger partial charge on any atom is 0.360 e. The van der Waals surface area contributed by atoms with Gasteiger partial charge >= 0.3 is 5.97 Å². The van der Waals surface area contributed by atoms with Gasteiger partial charge in [-0.1, -0.05) is 18.6 Å². The first kappa shape index (κ1) is 14.2. The van der Waals surface area contributed by atoms with Crippen LogP contribution >= 0.6 is 0 Å². The molecule has 0 amide bonds. The SMILES string of the molecule is CCCc1c(C(=O)OC)nnn1CCc1cnn(C)c1. The summed E-state index contributed by atoms with van der Waals surface area (Å²) in [7, 11) is 3.24. The van der Waals surface area contributed by atoms with Crippen LogP contribution in [0.3, 0.4) is 0 Å². The number of hydrogen-bond donors (Lipinski definition) is 0. The maximum absolute atomic E-state index is 11.6. The molecule has 20 heavy (non-hydrogen) atoms. The summed E-state index contributed by atoms with van der Waals surface area (Å²) in [5.74, 6) is -0.430. The number of carbonyl (C=O) groups is 1. The number of carbonyl (C=O) groups excluding carboxylic acids is 1. The minimum atomic E-state index is -0.430. The molecule has 0 fully saturated rings. The second kappa shape index (κ2) is 6.31. The van der Waals surface area contributed by atoms with Crippen molar-refractivity contribution in [3.8, 4) is 0 Å². The van der Waals surface area contributed by atoms with Crippen LogP contribution in [0.5, 0.6) is 0 Å². The zero-order valence-electron chi connectivity index (χ0n) is 12.0. The molecule has 7 heteroatoms. The van der Waals surface area contributed by atoms with E-state index in [2.05, 4.69) is 22.3 Å². The molecule has 0 saturated carbocycles. The van der Waals surface area contributed by atoms with Crippen LogP contribution in [0.4, 0.5) is 0 Å². The van der Waals surface area contributed by atoms with Gasteiger partial charge in [0.1, 0.15) is 0 Å². The third-order valence-electron chi connectivity index (χ3n) is 3.07. The van der Waals surface area contributed by atoms with Gasteiger partial charge in [-0.15, -0.1) is 5.10 Å². The number of nitrogens with zero attached hydrogens (tertiary/aromatic N) is 5. The van der Waals surface area contributed by atoms with Crippen LogP contribution in [0, 0.1) is 0 Å². The summed E-state index contributed by atoms with van der Waals surface area (Å²) < 4.78 is 8.28. The summed E-state index contributed by atoms with van der Waals surface area (Å²) in [6, 6.07) is 0. The average molecular weight is 277 g/mol. The highest BCUT2D eigenvalue weighted by molar-refractivity contribution is 5.88. The lowest BCUT2D eigenvalue weighted by Gasteiger charge is -2.05. The number of rotatable bonds is 6. The lowest BCUT2D eigenvalue weighted by molar-refractivity contribution is 0.0592. The lowest BCUT2D eigenvalue weighted by atomic mass is 10.2. The van der Waals surface area contributed by atoms with Gasteiger partial charge in [0, 0.05) is 19.8 Å². The van der Waals surface area contributed by atoms with E-state index in [-0.39, 0.29) is 0 Å². The maximum atomic E-state index is 11.6. The van der Waals surface area contributed by atoms with Crippen LogP contribution in [0.1, 0.15) is 35.1 Å². The Morgan fingerprint density at radius 2 is 2.20 bits per heavy atom. The summed E-state index contributed by atoms with van der Waals surface area (Å²) in [5.41, 5.74) is 2.29. The zero-order valence-corrected chi connectivity index (χ0v) is 12.0. The van der Waals surface area contributed by atoms with Crippen molar-refractivity contribution in [3.63, 3.8) is 0 Å². The van der Waals surface area contributed by atoms with Gasteiger partial charge in [0.15, 0.2) is 5.69 Å². The molecule has 0 unspecified atom stereocenters. The molecule has 2 aromatic rings. The molecule has 2 aromatic heterocycles. The normalized spacial score (nSPS) is 10.8. The number of aromatic nitrogens is 5. The standard InChI is InChI=1S/C13H19N5O2/c1-4-5-11-12(13(19)20-3)15-16-18(11)7-6-10-8-14-17(2)9-10/h8-9H,4-7H2,1-3H3. The molecule has 0 aliphatic carbocycles. The fourth-order valence-electron chi connectivity index (χ4n) is 2.09. The molecule has 0 aromatic carbocycles. The third kappa shape index (κ3) is 3.04. The van der Waals surface area contributed by atoms with Crippen molar-refractivity contribution in [2.24, 2.45) is 7.05 Å². The number of aryl methyl sites for hydroxylation is 3. The van der Waals surface area contributed by atoms with Gasteiger partial charge in [-0.3, -0.25) is 4.68 Å². The molecule has 0 aliphatic heterocycles. The van der Waals surface area contributed by atoms with Gasteiger partial charge in [-0.05, 0) is 18.4 Å². The topological polar surface area (TPSA) is 74.8 Å². The highest BCUT2D eigenvalue weighted by Gasteiger charge is 2.19. The van der Waals surface area contributed by atoms with E-state index in [1.165, 1.54) is 7.11 Å². The van der Waals surface area contributed by atoms with Crippen molar-refractivity contribution < 1.29 is 9.53 Å². The van der Waals surface area contributed by atoms with Crippen LogP contribution in [0.15, 0.2) is 12.4 Å². The molecule has 108 valence electrons. The molecule has 2 heterocycles. The lowest BCUT2D eigenvalue weighted by Crippen LogP contribution is -2.11. The van der Waals surface area contributed by atoms with Crippen LogP contribution in [-0.2, 0) is 31.2 Å². The Morgan fingerprint density at radius 3 is 2.80 bits per heavy atom. The number of methoxy groups -OCH3 is 1. The van der Waals surface area contributed by atoms with E-state index < -0.39 is 5.97 Å². The second-order valence-corrected chi connectivity index (χ2v) is 4.62. The van der Waals surface area contributed by atoms with E-state index in [1.54, 1.807) is 9.36 Å². The van der Waals surface area contributed by atoms with Crippen LogP contribution < -0.4 is 0 Å². The van der Waals surface area contributed by atoms with E-state index in [1.807, 2.05) is 19.4 Å². The Balaban J connectivity index is 2.14. The first-order valence-electron chi connectivity index (χ1n) is 6.64. The number of hydrogen-bond acceptors (Lipinski definition) is 5. The van der Waals surface area contributed by atoms with Crippen molar-refractivity contribution in [2.75, 3.05) is 7.11 Å². The van der Waals surface area contributed by atoms with Crippen LogP contribution in [0.25, 0.3) is 0 Å². The highest BCUT2D eigenvalue weighted by atomic mass is 16.5. The van der Waals surface area contributed by atoms with Crippen LogP contribution in [0.2, 0.25) is 0 Å². The number of esters is 1. The molecule has 7 nitrogen and oxygen atoms in total. The van der Waals surface area contributed by atoms with Crippen LogP contribution in [-0.4, -0.2) is 37.9 Å². The smallest absolute Gasteiger partial charge is 0.360 e. The molecule has 0 aliphatic rings. The minimum Gasteiger partial charge on any atom is -0.464 e. The van der Waals surface area contributed by atoms with Crippen molar-refractivity contribution in [1.29, 1.82) is 0 Å². The molecule has 0 spiro atoms. The molecule has 0 bridgehead atoms. The van der Waals surface area contributed by atoms with Crippen molar-refractivity contribution in [2.45, 2.75) is 32.7 Å². The molecule has 2 rings (SSSR count). The van der Waals surface area contributed by atoms with E-state index in [4.69, 9.17) is 4.74 Å². The summed E-state index contributed by atoms with van der Waals surface area (Å²) in [4.78, 5) is 11.6. The van der Waals surface area contributed by atoms with E-state index in [0.717, 1.165) is 30.5 Å². The predicted octanol–water partition coefficient (Wildman–Crippen LogP) is 0.993. The van der Waals surface area contributed by atoms with E-state index >= 15 is 0 Å². The van der Waals surface area contributed by atoms with Gasteiger partial charge in [0.05, 0.1) is 19.0 Å². The fourth-order valence-corrected chi connectivity index (χ4v) is 2.09. The van der Waals surface area contributed by atoms with Gasteiger partial charge in [0.2, 0.25) is 0 Å². The van der Waals surface area contributed by atoms with E-state index in [9.17, 15) is 4.79 Å². The molecular formula is C13H19N5O2. The first-order valence-corrected chi connectivity index (χ1v) is 6.64. The summed E-state index contributed by atoms with van der Waals surface area (Å²) in [6.07, 6.45) is 6.28. The van der Waals surface area contributed by atoms with Crippen molar-refractivity contribution >= 4 is 5.97 Å². The first-order chi connectivity index (χ1) is 9.65. The molecule has 0 saturated heterocycles.